The number of ketones is 1. The highest BCUT2D eigenvalue weighted by Gasteiger charge is 2.39. The van der Waals surface area contributed by atoms with E-state index in [2.05, 4.69) is 73.9 Å². The molecular weight excluding hydrogens is 1290 g/mol. The summed E-state index contributed by atoms with van der Waals surface area (Å²) in [6.07, 6.45) is -0.259. The molecule has 0 aliphatic heterocycles. The fourth-order valence-electron chi connectivity index (χ4n) is 9.40. The Morgan fingerprint density at radius 1 is 0.340 bits per heavy atom. The van der Waals surface area contributed by atoms with Crippen LogP contribution in [0.3, 0.4) is 0 Å². The van der Waals surface area contributed by atoms with E-state index >= 15 is 0 Å². The molecule has 15 N–H and O–H groups in total. The zero-order valence-electron chi connectivity index (χ0n) is 59.5. The van der Waals surface area contributed by atoms with Crippen molar-refractivity contribution in [2.75, 3.05) is 7.11 Å². The smallest absolute Gasteiger partial charge is 0.328 e. The molecule has 100 heavy (non-hydrogen) atoms. The highest BCUT2D eigenvalue weighted by Crippen LogP contribution is 2.19. The number of ether oxygens (including phenoxy) is 1. The van der Waals surface area contributed by atoms with Crippen molar-refractivity contribution >= 4 is 99.3 Å². The molecule has 0 bridgehead atoms. The van der Waals surface area contributed by atoms with Gasteiger partial charge in [0.1, 0.15) is 76.5 Å². The van der Waals surface area contributed by atoms with Crippen LogP contribution in [0.5, 0.6) is 0 Å². The Labute approximate surface area is 581 Å². The predicted octanol–water partition coefficient (Wildman–Crippen LogP) is -0.542. The number of rotatable bonds is 33. The molecule has 0 unspecified atom stereocenters. The summed E-state index contributed by atoms with van der Waals surface area (Å²) in [5.74, 6) is -11.5. The van der Waals surface area contributed by atoms with Gasteiger partial charge in [0.2, 0.25) is 76.8 Å². The first-order valence-electron chi connectivity index (χ1n) is 32.4. The van der Waals surface area contributed by atoms with E-state index in [9.17, 15) is 71.9 Å². The minimum Gasteiger partial charge on any atom is -0.467 e. The van der Waals surface area contributed by atoms with Gasteiger partial charge in [0.05, 0.1) is 13.2 Å². The molecule has 13 amide bonds. The van der Waals surface area contributed by atoms with Gasteiger partial charge in [0.15, 0.2) is 5.78 Å². The van der Waals surface area contributed by atoms with Crippen molar-refractivity contribution in [1.82, 2.24) is 69.1 Å². The van der Waals surface area contributed by atoms with Crippen LogP contribution in [0.25, 0.3) is 10.8 Å². The number of hydrogen-bond donors (Lipinski definition) is 14. The maximum Gasteiger partial charge on any atom is 0.328 e. The number of amides is 13. The van der Waals surface area contributed by atoms with Crippen molar-refractivity contribution in [2.45, 2.75) is 206 Å². The molecule has 30 heteroatoms. The van der Waals surface area contributed by atoms with Gasteiger partial charge < -0.3 is 79.6 Å². The number of fused-ring (bicyclic) bond motifs is 1. The van der Waals surface area contributed by atoms with Gasteiger partial charge in [-0.05, 0) is 133 Å². The molecule has 4 rings (SSSR count). The Bertz CT molecular complexity index is 3720. The van der Waals surface area contributed by atoms with Crippen LogP contribution in [0.15, 0.2) is 97.1 Å². The summed E-state index contributed by atoms with van der Waals surface area (Å²) in [6.45, 7) is 21.7. The molecule has 4 aromatic carbocycles. The lowest BCUT2D eigenvalue weighted by Gasteiger charge is -2.30. The van der Waals surface area contributed by atoms with Crippen LogP contribution in [-0.4, -0.2) is 178 Å². The van der Waals surface area contributed by atoms with E-state index in [-0.39, 0.29) is 18.6 Å². The largest absolute Gasteiger partial charge is 0.467 e. The number of esters is 1. The minimum absolute atomic E-state index is 0.0837. The monoisotopic (exact) mass is 1390 g/mol. The summed E-state index contributed by atoms with van der Waals surface area (Å²) in [6, 6.07) is 15.0. The Morgan fingerprint density at radius 3 is 1.04 bits per heavy atom. The number of benzene rings is 4. The molecule has 542 valence electrons. The SMILES string of the molecule is COC(=O)[C@H](C)NC(=O)C(C)(C)NC(=O)[C@H](C)NC(=O)[C@H](Cc1ccc2ccccc2c1)NC(=O)[C@H](C)NC(=O)C(C)(C)NC(=O)[C@H](C)NC(=O)[C@H](C)NC(=O)C(C)(C)NC(=O)[C@H](C)NC(=O)[C@H](Cc1ccc(C(=O)c2ccccc2)cc1)NC(=O)[C@H](C)NC(=O)C(C)(C)NC(=O)[C@H](C)N. The van der Waals surface area contributed by atoms with Gasteiger partial charge in [-0.15, -0.1) is 0 Å². The summed E-state index contributed by atoms with van der Waals surface area (Å²) in [4.78, 5) is 201. The number of methoxy groups -OCH3 is 1. The zero-order valence-corrected chi connectivity index (χ0v) is 59.5. The fraction of sp³-hybridized carbons (Fsp3) is 0.471. The third-order valence-electron chi connectivity index (χ3n) is 16.0. The van der Waals surface area contributed by atoms with Crippen LogP contribution < -0.4 is 74.9 Å². The van der Waals surface area contributed by atoms with Gasteiger partial charge >= 0.3 is 5.97 Å². The molecule has 4 aromatic rings. The number of hydrogen-bond acceptors (Lipinski definition) is 17. The molecule has 0 spiro atoms. The molecule has 0 heterocycles. The molecule has 0 aliphatic rings. The van der Waals surface area contributed by atoms with Crippen molar-refractivity contribution in [3.05, 3.63) is 119 Å². The first kappa shape index (κ1) is 81.8. The second-order valence-corrected chi connectivity index (χ2v) is 26.8. The Morgan fingerprint density at radius 2 is 0.650 bits per heavy atom. The highest BCUT2D eigenvalue weighted by molar-refractivity contribution is 6.09. The Balaban J connectivity index is 1.37. The summed E-state index contributed by atoms with van der Waals surface area (Å²) in [5, 5.41) is 34.6. The quantitative estimate of drug-likeness (QED) is 0.0210. The average Bonchev–Trinajstić information content (AvgIpc) is 0.849. The minimum atomic E-state index is -1.76. The van der Waals surface area contributed by atoms with E-state index in [1.165, 1.54) is 111 Å². The highest BCUT2D eigenvalue weighted by atomic mass is 16.5. The van der Waals surface area contributed by atoms with E-state index in [4.69, 9.17) is 5.73 Å². The van der Waals surface area contributed by atoms with Gasteiger partial charge in [-0.1, -0.05) is 97.1 Å². The zero-order chi connectivity index (χ0) is 75.5. The normalized spacial score (nSPS) is 14.6. The third-order valence-corrected chi connectivity index (χ3v) is 16.0. The molecule has 10 atom stereocenters. The van der Waals surface area contributed by atoms with Crippen LogP contribution >= 0.6 is 0 Å². The van der Waals surface area contributed by atoms with E-state index in [0.29, 0.717) is 22.3 Å². The van der Waals surface area contributed by atoms with Crippen molar-refractivity contribution in [3.8, 4) is 0 Å². The van der Waals surface area contributed by atoms with Crippen molar-refractivity contribution in [3.63, 3.8) is 0 Å². The molecule has 0 aliphatic carbocycles. The van der Waals surface area contributed by atoms with Gasteiger partial charge in [0.25, 0.3) is 0 Å². The fourth-order valence-corrected chi connectivity index (χ4v) is 9.40. The first-order valence-corrected chi connectivity index (χ1v) is 32.4. The van der Waals surface area contributed by atoms with E-state index in [0.717, 1.165) is 17.9 Å². The van der Waals surface area contributed by atoms with E-state index in [1.54, 1.807) is 60.7 Å². The maximum atomic E-state index is 14.1. The molecule has 0 saturated heterocycles. The molecular formula is C70H96N14O16. The number of nitrogens with one attached hydrogen (secondary N) is 13. The third kappa shape index (κ3) is 23.8. The van der Waals surface area contributed by atoms with Crippen molar-refractivity contribution in [1.29, 1.82) is 0 Å². The summed E-state index contributed by atoms with van der Waals surface area (Å²) < 4.78 is 4.65. The van der Waals surface area contributed by atoms with Crippen molar-refractivity contribution < 1.29 is 76.7 Å². The molecule has 0 radical (unpaired) electrons. The summed E-state index contributed by atoms with van der Waals surface area (Å²) >= 11 is 0. The van der Waals surface area contributed by atoms with Crippen molar-refractivity contribution in [2.24, 2.45) is 5.73 Å². The second-order valence-electron chi connectivity index (χ2n) is 26.8. The van der Waals surface area contributed by atoms with Gasteiger partial charge in [-0.25, -0.2) is 4.79 Å². The van der Waals surface area contributed by atoms with Gasteiger partial charge in [0, 0.05) is 24.0 Å². The van der Waals surface area contributed by atoms with Gasteiger partial charge in [-0.3, -0.25) is 67.1 Å². The molecule has 30 nitrogen and oxygen atoms in total. The summed E-state index contributed by atoms with van der Waals surface area (Å²) in [7, 11) is 1.15. The van der Waals surface area contributed by atoms with Crippen LogP contribution in [0.4, 0.5) is 0 Å². The first-order chi connectivity index (χ1) is 46.4. The lowest BCUT2D eigenvalue weighted by atomic mass is 9.99. The molecule has 0 fully saturated rings. The number of carbonyl (C=O) groups is 15. The van der Waals surface area contributed by atoms with Crippen LogP contribution in [0.1, 0.15) is 138 Å². The van der Waals surface area contributed by atoms with Crippen LogP contribution in [0, 0.1) is 0 Å². The second kappa shape index (κ2) is 35.2. The molecule has 0 saturated carbocycles. The van der Waals surface area contributed by atoms with Crippen LogP contribution in [0.2, 0.25) is 0 Å². The summed E-state index contributed by atoms with van der Waals surface area (Å²) in [5.41, 5.74) is 0.970. The van der Waals surface area contributed by atoms with Gasteiger partial charge in [-0.2, -0.15) is 0 Å². The van der Waals surface area contributed by atoms with E-state index in [1.807, 2.05) is 36.4 Å². The lowest BCUT2D eigenvalue weighted by molar-refractivity contribution is -0.145. The standard InChI is InChI=1S/C70H96N14O16/c1-36(71)53(86)81-67(9,10)63(96)76-38(3)55(88)79-50(34-44-27-31-48(32-28-44)52(85)47-24-19-18-20-25-47)60(93)73-41(6)58(91)83-68(11,12)64(97)75-37(2)54(87)72-40(5)57(90)82-69(13,14)65(98)77-39(4)56(89)80-51(35-45-29-30-46-23-21-22-26-49(46)33-45)61(94)74-42(7)59(92)84-70(15,16)66(99)78-43(8)62(95)100-17/h18-33,36-43,50-51H,34-35,71H2,1-17H3,(H,72,87)(H,73,93)(H,74,94)(H,75,97)(H,76,96)(H,77,98)(H,78,99)(H,79,88)(H,80,89)(H,81,86)(H,82,90)(H,83,91)(H,84,92)/t36-,37-,38-,39-,40-,41-,42-,43-,50-,51-/m0/s1. The average molecular weight is 1390 g/mol. The molecule has 0 aromatic heterocycles. The number of carbonyl (C=O) groups excluding carboxylic acids is 15. The Hall–Kier alpha value is -10.7. The number of nitrogens with two attached hydrogens (primary N) is 1. The Kier molecular flexibility index (Phi) is 28.8. The predicted molar refractivity (Wildman–Crippen MR) is 369 cm³/mol. The topological polar surface area (TPSA) is 448 Å². The van der Waals surface area contributed by atoms with Crippen LogP contribution in [-0.2, 0) is 84.7 Å². The lowest BCUT2D eigenvalue weighted by Crippen LogP contribution is -2.63. The van der Waals surface area contributed by atoms with E-state index < -0.39 is 165 Å². The maximum absolute atomic E-state index is 14.1.